The van der Waals surface area contributed by atoms with E-state index in [2.05, 4.69) is 0 Å². The van der Waals surface area contributed by atoms with E-state index in [4.69, 9.17) is 5.11 Å². The van der Waals surface area contributed by atoms with Crippen LogP contribution in [0.2, 0.25) is 0 Å². The number of rotatable bonds is 8. The van der Waals surface area contributed by atoms with Crippen molar-refractivity contribution in [3.05, 3.63) is 59.7 Å². The highest BCUT2D eigenvalue weighted by Gasteiger charge is 2.28. The highest BCUT2D eigenvalue weighted by molar-refractivity contribution is 7.92. The van der Waals surface area contributed by atoms with Crippen LogP contribution in [0.3, 0.4) is 0 Å². The first-order chi connectivity index (χ1) is 11.9. The number of para-hydroxylation sites is 1. The van der Waals surface area contributed by atoms with E-state index in [1.54, 1.807) is 18.2 Å². The number of carbonyl (C=O) groups is 1. The van der Waals surface area contributed by atoms with Crippen LogP contribution in [0.4, 0.5) is 5.69 Å². The third-order valence-corrected chi connectivity index (χ3v) is 5.89. The fourth-order valence-electron chi connectivity index (χ4n) is 2.80. The Hall–Kier alpha value is -2.34. The number of carboxylic acid groups (broad SMARTS) is 1. The lowest BCUT2D eigenvalue weighted by Gasteiger charge is -2.28. The summed E-state index contributed by atoms with van der Waals surface area (Å²) in [6, 6.07) is 13.8. The maximum atomic E-state index is 13.2. The van der Waals surface area contributed by atoms with Gasteiger partial charge in [0.15, 0.2) is 0 Å². The fraction of sp³-hybridized carbons (Fsp3) is 0.316. The average molecular weight is 361 g/mol. The van der Waals surface area contributed by atoms with Gasteiger partial charge in [-0.3, -0.25) is 9.10 Å². The smallest absolute Gasteiger partial charge is 0.305 e. The van der Waals surface area contributed by atoms with E-state index in [-0.39, 0.29) is 17.9 Å². The number of benzene rings is 2. The van der Waals surface area contributed by atoms with Gasteiger partial charge in [0, 0.05) is 6.54 Å². The molecule has 0 radical (unpaired) electrons. The summed E-state index contributed by atoms with van der Waals surface area (Å²) in [5, 5.41) is 9.08. The van der Waals surface area contributed by atoms with E-state index in [0.717, 1.165) is 11.1 Å². The summed E-state index contributed by atoms with van der Waals surface area (Å²) < 4.78 is 27.7. The molecule has 0 spiro atoms. The molecule has 5 nitrogen and oxygen atoms in total. The lowest BCUT2D eigenvalue weighted by atomic mass is 10.0. The molecule has 0 saturated carbocycles. The molecular formula is C19H23NO4S. The van der Waals surface area contributed by atoms with Crippen LogP contribution in [0.1, 0.15) is 31.4 Å². The van der Waals surface area contributed by atoms with Crippen molar-refractivity contribution >= 4 is 21.7 Å². The second kappa shape index (κ2) is 8.16. The standard InChI is InChI=1S/C19H23NO4S/c1-3-15-9-8-10-16(4-2)19(15)20(14-13-18(21)22)25(23,24)17-11-6-5-7-12-17/h5-12H,3-4,13-14H2,1-2H3,(H,21,22). The first kappa shape index (κ1) is 19.0. The molecule has 2 rings (SSSR count). The van der Waals surface area contributed by atoms with Gasteiger partial charge in [-0.1, -0.05) is 50.2 Å². The van der Waals surface area contributed by atoms with E-state index in [1.165, 1.54) is 16.4 Å². The van der Waals surface area contributed by atoms with Gasteiger partial charge in [0.2, 0.25) is 0 Å². The molecule has 0 amide bonds. The number of hydrogen-bond donors (Lipinski definition) is 1. The van der Waals surface area contributed by atoms with Gasteiger partial charge < -0.3 is 5.11 Å². The van der Waals surface area contributed by atoms with Crippen LogP contribution >= 0.6 is 0 Å². The molecule has 0 bridgehead atoms. The molecule has 6 heteroatoms. The summed E-state index contributed by atoms with van der Waals surface area (Å²) in [6.45, 7) is 3.82. The van der Waals surface area contributed by atoms with Gasteiger partial charge in [0.1, 0.15) is 0 Å². The maximum Gasteiger partial charge on any atom is 0.305 e. The Morgan fingerprint density at radius 3 is 2.00 bits per heavy atom. The number of nitrogens with zero attached hydrogens (tertiary/aromatic N) is 1. The molecule has 0 heterocycles. The van der Waals surface area contributed by atoms with Crippen molar-refractivity contribution in [3.8, 4) is 0 Å². The average Bonchev–Trinajstić information content (AvgIpc) is 2.62. The number of sulfonamides is 1. The molecule has 2 aromatic rings. The Bertz CT molecular complexity index is 810. The summed E-state index contributed by atoms with van der Waals surface area (Å²) >= 11 is 0. The van der Waals surface area contributed by atoms with Crippen molar-refractivity contribution < 1.29 is 18.3 Å². The largest absolute Gasteiger partial charge is 0.481 e. The van der Waals surface area contributed by atoms with Crippen LogP contribution in [-0.2, 0) is 27.7 Å². The lowest BCUT2D eigenvalue weighted by Crippen LogP contribution is -2.34. The third kappa shape index (κ3) is 4.20. The second-order valence-electron chi connectivity index (χ2n) is 5.67. The van der Waals surface area contributed by atoms with Crippen LogP contribution in [-0.4, -0.2) is 26.0 Å². The first-order valence-corrected chi connectivity index (χ1v) is 9.76. The quantitative estimate of drug-likeness (QED) is 0.781. The first-order valence-electron chi connectivity index (χ1n) is 8.32. The van der Waals surface area contributed by atoms with Crippen molar-refractivity contribution in [1.29, 1.82) is 0 Å². The van der Waals surface area contributed by atoms with Crippen LogP contribution < -0.4 is 4.31 Å². The predicted octanol–water partition coefficient (Wildman–Crippen LogP) is 3.48. The molecule has 25 heavy (non-hydrogen) atoms. The Balaban J connectivity index is 2.64. The van der Waals surface area contributed by atoms with Gasteiger partial charge in [0.05, 0.1) is 17.0 Å². The van der Waals surface area contributed by atoms with Gasteiger partial charge >= 0.3 is 5.97 Å². The second-order valence-corrected chi connectivity index (χ2v) is 7.53. The predicted molar refractivity (Wildman–Crippen MR) is 98.4 cm³/mol. The van der Waals surface area contributed by atoms with Gasteiger partial charge in [-0.25, -0.2) is 8.42 Å². The Labute approximate surface area is 149 Å². The maximum absolute atomic E-state index is 13.2. The Morgan fingerprint density at radius 2 is 1.52 bits per heavy atom. The minimum atomic E-state index is -3.84. The van der Waals surface area contributed by atoms with E-state index in [0.29, 0.717) is 18.5 Å². The van der Waals surface area contributed by atoms with Crippen LogP contribution in [0.25, 0.3) is 0 Å². The third-order valence-electron chi connectivity index (χ3n) is 4.07. The zero-order chi connectivity index (χ0) is 18.4. The fourth-order valence-corrected chi connectivity index (χ4v) is 4.37. The van der Waals surface area contributed by atoms with E-state index in [9.17, 15) is 13.2 Å². The van der Waals surface area contributed by atoms with Crippen molar-refractivity contribution in [2.24, 2.45) is 0 Å². The molecule has 0 aliphatic heterocycles. The lowest BCUT2D eigenvalue weighted by molar-refractivity contribution is -0.136. The molecule has 134 valence electrons. The highest BCUT2D eigenvalue weighted by Crippen LogP contribution is 2.32. The van der Waals surface area contributed by atoms with Gasteiger partial charge in [0.25, 0.3) is 10.0 Å². The van der Waals surface area contributed by atoms with Crippen molar-refractivity contribution in [3.63, 3.8) is 0 Å². The molecule has 0 saturated heterocycles. The van der Waals surface area contributed by atoms with Crippen molar-refractivity contribution in [2.75, 3.05) is 10.8 Å². The molecule has 0 aromatic heterocycles. The zero-order valence-corrected chi connectivity index (χ0v) is 15.3. The number of hydrogen-bond acceptors (Lipinski definition) is 3. The number of carboxylic acids is 1. The summed E-state index contributed by atoms with van der Waals surface area (Å²) in [6.07, 6.45) is 1.07. The Morgan fingerprint density at radius 1 is 0.960 bits per heavy atom. The molecule has 2 aromatic carbocycles. The summed E-state index contributed by atoms with van der Waals surface area (Å²) in [7, 11) is -3.84. The van der Waals surface area contributed by atoms with Crippen LogP contribution in [0.5, 0.6) is 0 Å². The molecular weight excluding hydrogens is 338 g/mol. The van der Waals surface area contributed by atoms with E-state index in [1.807, 2.05) is 32.0 Å². The van der Waals surface area contributed by atoms with Gasteiger partial charge in [-0.05, 0) is 36.1 Å². The molecule has 0 unspecified atom stereocenters. The Kier molecular flexibility index (Phi) is 6.20. The van der Waals surface area contributed by atoms with Gasteiger partial charge in [-0.2, -0.15) is 0 Å². The van der Waals surface area contributed by atoms with Crippen molar-refractivity contribution in [2.45, 2.75) is 38.0 Å². The molecule has 0 fully saturated rings. The normalized spacial score (nSPS) is 11.3. The van der Waals surface area contributed by atoms with Crippen LogP contribution in [0.15, 0.2) is 53.4 Å². The van der Waals surface area contributed by atoms with E-state index >= 15 is 0 Å². The monoisotopic (exact) mass is 361 g/mol. The topological polar surface area (TPSA) is 74.7 Å². The molecule has 0 aliphatic rings. The number of aliphatic carboxylic acids is 1. The van der Waals surface area contributed by atoms with Crippen LogP contribution in [0, 0.1) is 0 Å². The minimum Gasteiger partial charge on any atom is -0.481 e. The SMILES string of the molecule is CCc1cccc(CC)c1N(CCC(=O)O)S(=O)(=O)c1ccccc1. The molecule has 0 aliphatic carbocycles. The zero-order valence-electron chi connectivity index (χ0n) is 14.5. The van der Waals surface area contributed by atoms with Gasteiger partial charge in [-0.15, -0.1) is 0 Å². The summed E-state index contributed by atoms with van der Waals surface area (Å²) in [4.78, 5) is 11.2. The molecule has 1 N–H and O–H groups in total. The van der Waals surface area contributed by atoms with E-state index < -0.39 is 16.0 Å². The summed E-state index contributed by atoms with van der Waals surface area (Å²) in [5.41, 5.74) is 2.39. The van der Waals surface area contributed by atoms with Crippen molar-refractivity contribution in [1.82, 2.24) is 0 Å². The number of aryl methyl sites for hydroxylation is 2. The minimum absolute atomic E-state index is 0.101. The molecule has 0 atom stereocenters. The highest BCUT2D eigenvalue weighted by atomic mass is 32.2. The number of anilines is 1. The summed E-state index contributed by atoms with van der Waals surface area (Å²) in [5.74, 6) is -1.03.